The van der Waals surface area contributed by atoms with Gasteiger partial charge in [0.2, 0.25) is 0 Å². The number of pyridine rings is 1. The molecule has 2 aromatic carbocycles. The molecule has 0 aliphatic heterocycles. The van der Waals surface area contributed by atoms with Crippen LogP contribution in [0.2, 0.25) is 0 Å². The van der Waals surface area contributed by atoms with E-state index in [2.05, 4.69) is 26.2 Å². The summed E-state index contributed by atoms with van der Waals surface area (Å²) in [7, 11) is 0. The normalized spacial score (nSPS) is 11.1. The summed E-state index contributed by atoms with van der Waals surface area (Å²) >= 11 is 3.38. The Hall–Kier alpha value is -3.23. The SMILES string of the molecule is N#C/C(=C\c1ncccc1Br)C(=O)NC(c1ccccc1)c1ccccc1. The number of carbonyl (C=O) groups is 1. The van der Waals surface area contributed by atoms with Crippen LogP contribution in [0.4, 0.5) is 0 Å². The van der Waals surface area contributed by atoms with Crippen molar-refractivity contribution >= 4 is 27.9 Å². The maximum Gasteiger partial charge on any atom is 0.262 e. The molecule has 0 spiro atoms. The monoisotopic (exact) mass is 417 g/mol. The Kier molecular flexibility index (Phi) is 6.14. The molecule has 3 aromatic rings. The number of carbonyl (C=O) groups excluding carboxylic acids is 1. The minimum Gasteiger partial charge on any atom is -0.340 e. The fourth-order valence-electron chi connectivity index (χ4n) is 2.65. The van der Waals surface area contributed by atoms with Crippen molar-refractivity contribution in [3.05, 3.63) is 106 Å². The number of hydrogen-bond acceptors (Lipinski definition) is 3. The molecule has 1 amide bonds. The molecule has 4 nitrogen and oxygen atoms in total. The van der Waals surface area contributed by atoms with Crippen molar-refractivity contribution in [3.63, 3.8) is 0 Å². The van der Waals surface area contributed by atoms with Gasteiger partial charge in [0, 0.05) is 10.7 Å². The number of halogens is 1. The number of nitrogens with zero attached hydrogens (tertiary/aromatic N) is 2. The first kappa shape index (κ1) is 18.6. The summed E-state index contributed by atoms with van der Waals surface area (Å²) in [5, 5.41) is 12.4. The number of aromatic nitrogens is 1. The lowest BCUT2D eigenvalue weighted by Gasteiger charge is -2.19. The van der Waals surface area contributed by atoms with Gasteiger partial charge in [0.15, 0.2) is 0 Å². The van der Waals surface area contributed by atoms with E-state index >= 15 is 0 Å². The molecule has 0 radical (unpaired) electrons. The third-order valence-electron chi connectivity index (χ3n) is 3.97. The summed E-state index contributed by atoms with van der Waals surface area (Å²) in [5.74, 6) is -0.451. The number of nitriles is 1. The minimum atomic E-state index is -0.451. The van der Waals surface area contributed by atoms with Crippen molar-refractivity contribution in [2.75, 3.05) is 0 Å². The van der Waals surface area contributed by atoms with Crippen LogP contribution in [0.5, 0.6) is 0 Å². The maximum atomic E-state index is 12.8. The lowest BCUT2D eigenvalue weighted by Crippen LogP contribution is -2.30. The van der Waals surface area contributed by atoms with Crippen LogP contribution in [0.1, 0.15) is 22.9 Å². The van der Waals surface area contributed by atoms with E-state index in [1.807, 2.05) is 72.8 Å². The summed E-state index contributed by atoms with van der Waals surface area (Å²) in [6.07, 6.45) is 3.09. The second-order valence-electron chi connectivity index (χ2n) is 5.77. The second kappa shape index (κ2) is 8.93. The molecule has 3 rings (SSSR count). The van der Waals surface area contributed by atoms with Crippen molar-refractivity contribution in [3.8, 4) is 6.07 Å². The van der Waals surface area contributed by atoms with Gasteiger partial charge in [-0.15, -0.1) is 0 Å². The molecule has 0 aliphatic carbocycles. The first-order chi connectivity index (χ1) is 13.2. The number of rotatable bonds is 5. The molecule has 0 fully saturated rings. The van der Waals surface area contributed by atoms with E-state index in [1.54, 1.807) is 12.3 Å². The summed E-state index contributed by atoms with van der Waals surface area (Å²) in [6, 6.07) is 24.5. The second-order valence-corrected chi connectivity index (χ2v) is 6.62. The highest BCUT2D eigenvalue weighted by Crippen LogP contribution is 2.23. The molecule has 0 aliphatic rings. The van der Waals surface area contributed by atoms with Crippen LogP contribution >= 0.6 is 15.9 Å². The van der Waals surface area contributed by atoms with Gasteiger partial charge in [0.25, 0.3) is 5.91 Å². The van der Waals surface area contributed by atoms with Gasteiger partial charge in [-0.25, -0.2) is 0 Å². The Bertz CT molecular complexity index is 955. The Morgan fingerprint density at radius 2 is 1.59 bits per heavy atom. The molecule has 5 heteroatoms. The Morgan fingerprint density at radius 3 is 2.11 bits per heavy atom. The molecule has 1 heterocycles. The smallest absolute Gasteiger partial charge is 0.262 e. The summed E-state index contributed by atoms with van der Waals surface area (Å²) in [4.78, 5) is 17.0. The van der Waals surface area contributed by atoms with Gasteiger partial charge in [-0.2, -0.15) is 5.26 Å². The standard InChI is InChI=1S/C22H16BrN3O/c23-19-12-7-13-25-20(19)14-18(15-24)22(27)26-21(16-8-3-1-4-9-16)17-10-5-2-6-11-17/h1-14,21H,(H,26,27)/b18-14+. The van der Waals surface area contributed by atoms with Gasteiger partial charge in [-0.05, 0) is 45.3 Å². The average molecular weight is 418 g/mol. The van der Waals surface area contributed by atoms with E-state index in [-0.39, 0.29) is 11.6 Å². The van der Waals surface area contributed by atoms with Crippen LogP contribution in [0.15, 0.2) is 89.0 Å². The molecular formula is C22H16BrN3O. The summed E-state index contributed by atoms with van der Waals surface area (Å²) < 4.78 is 0.716. The summed E-state index contributed by atoms with van der Waals surface area (Å²) in [6.45, 7) is 0. The van der Waals surface area contributed by atoms with Gasteiger partial charge in [0.1, 0.15) is 11.6 Å². The van der Waals surface area contributed by atoms with Crippen molar-refractivity contribution in [2.24, 2.45) is 0 Å². The molecule has 132 valence electrons. The highest BCUT2D eigenvalue weighted by Gasteiger charge is 2.19. The van der Waals surface area contributed by atoms with Crippen LogP contribution < -0.4 is 5.32 Å². The fraction of sp³-hybridized carbons (Fsp3) is 0.0455. The van der Waals surface area contributed by atoms with E-state index in [9.17, 15) is 10.1 Å². The Morgan fingerprint density at radius 1 is 1.00 bits per heavy atom. The van der Waals surface area contributed by atoms with E-state index in [4.69, 9.17) is 0 Å². The number of nitrogens with one attached hydrogen (secondary N) is 1. The van der Waals surface area contributed by atoms with E-state index in [1.165, 1.54) is 6.08 Å². The molecule has 1 N–H and O–H groups in total. The van der Waals surface area contributed by atoms with Crippen LogP contribution in [-0.4, -0.2) is 10.9 Å². The van der Waals surface area contributed by atoms with Crippen molar-refractivity contribution in [1.29, 1.82) is 5.26 Å². The molecule has 0 unspecified atom stereocenters. The lowest BCUT2D eigenvalue weighted by atomic mass is 9.98. The number of hydrogen-bond donors (Lipinski definition) is 1. The molecule has 0 saturated heterocycles. The van der Waals surface area contributed by atoms with Crippen LogP contribution in [0, 0.1) is 11.3 Å². The fourth-order valence-corrected chi connectivity index (χ4v) is 3.02. The Labute approximate surface area is 166 Å². The Balaban J connectivity index is 1.92. The number of amides is 1. The largest absolute Gasteiger partial charge is 0.340 e. The van der Waals surface area contributed by atoms with E-state index < -0.39 is 5.91 Å². The van der Waals surface area contributed by atoms with E-state index in [0.717, 1.165) is 11.1 Å². The van der Waals surface area contributed by atoms with Crippen molar-refractivity contribution in [1.82, 2.24) is 10.3 Å². The first-order valence-electron chi connectivity index (χ1n) is 8.32. The zero-order valence-electron chi connectivity index (χ0n) is 14.3. The van der Waals surface area contributed by atoms with Crippen LogP contribution in [0.25, 0.3) is 6.08 Å². The topological polar surface area (TPSA) is 65.8 Å². The van der Waals surface area contributed by atoms with Gasteiger partial charge in [-0.1, -0.05) is 60.7 Å². The molecule has 1 aromatic heterocycles. The highest BCUT2D eigenvalue weighted by molar-refractivity contribution is 9.10. The summed E-state index contributed by atoms with van der Waals surface area (Å²) in [5.41, 5.74) is 2.40. The van der Waals surface area contributed by atoms with Crippen LogP contribution in [-0.2, 0) is 4.79 Å². The maximum absolute atomic E-state index is 12.8. The quantitative estimate of drug-likeness (QED) is 0.484. The van der Waals surface area contributed by atoms with Gasteiger partial charge in [0.05, 0.1) is 11.7 Å². The third kappa shape index (κ3) is 4.69. The zero-order chi connectivity index (χ0) is 19.1. The molecular weight excluding hydrogens is 402 g/mol. The molecule has 0 saturated carbocycles. The van der Waals surface area contributed by atoms with E-state index in [0.29, 0.717) is 10.2 Å². The van der Waals surface area contributed by atoms with Gasteiger partial charge < -0.3 is 5.32 Å². The van der Waals surface area contributed by atoms with Gasteiger partial charge >= 0.3 is 0 Å². The number of benzene rings is 2. The molecule has 27 heavy (non-hydrogen) atoms. The van der Waals surface area contributed by atoms with Crippen molar-refractivity contribution < 1.29 is 4.79 Å². The van der Waals surface area contributed by atoms with Crippen molar-refractivity contribution in [2.45, 2.75) is 6.04 Å². The highest BCUT2D eigenvalue weighted by atomic mass is 79.9. The molecule has 0 bridgehead atoms. The minimum absolute atomic E-state index is 0.00809. The zero-order valence-corrected chi connectivity index (χ0v) is 15.9. The third-order valence-corrected chi connectivity index (χ3v) is 4.64. The predicted octanol–water partition coefficient (Wildman–Crippen LogP) is 4.66. The van der Waals surface area contributed by atoms with Gasteiger partial charge in [-0.3, -0.25) is 9.78 Å². The first-order valence-corrected chi connectivity index (χ1v) is 9.11. The average Bonchev–Trinajstić information content (AvgIpc) is 2.72. The van der Waals surface area contributed by atoms with Crippen LogP contribution in [0.3, 0.4) is 0 Å². The predicted molar refractivity (Wildman–Crippen MR) is 108 cm³/mol. The lowest BCUT2D eigenvalue weighted by molar-refractivity contribution is -0.117. The molecule has 0 atom stereocenters.